The molecule has 0 unspecified atom stereocenters. The molecule has 0 bridgehead atoms. The Morgan fingerprint density at radius 2 is 1.97 bits per heavy atom. The summed E-state index contributed by atoms with van der Waals surface area (Å²) in [5, 5.41) is 9.77. The van der Waals surface area contributed by atoms with Crippen LogP contribution in [0.3, 0.4) is 0 Å². The molecule has 6 heteroatoms. The molecule has 2 rings (SSSR count). The van der Waals surface area contributed by atoms with Gasteiger partial charge in [0.15, 0.2) is 5.78 Å². The van der Waals surface area contributed by atoms with E-state index in [1.54, 1.807) is 13.0 Å². The van der Waals surface area contributed by atoms with Crippen molar-refractivity contribution in [2.75, 3.05) is 0 Å². The summed E-state index contributed by atoms with van der Waals surface area (Å²) >= 11 is 0. The Labute approximate surface area is 190 Å². The average molecular weight is 443 g/mol. The highest BCUT2D eigenvalue weighted by atomic mass is 16.5. The van der Waals surface area contributed by atoms with E-state index < -0.39 is 35.3 Å². The van der Waals surface area contributed by atoms with Gasteiger partial charge in [0, 0.05) is 11.5 Å². The molecule has 1 N–H and O–H groups in total. The number of aliphatic carboxylic acids is 1. The summed E-state index contributed by atoms with van der Waals surface area (Å²) in [4.78, 5) is 48.2. The number of esters is 1. The summed E-state index contributed by atoms with van der Waals surface area (Å²) in [6.07, 6.45) is 9.90. The van der Waals surface area contributed by atoms with Gasteiger partial charge in [0.1, 0.15) is 12.4 Å². The lowest BCUT2D eigenvalue weighted by molar-refractivity contribution is -0.152. The van der Waals surface area contributed by atoms with Gasteiger partial charge in [-0.1, -0.05) is 52.5 Å². The van der Waals surface area contributed by atoms with Crippen LogP contribution in [-0.2, 0) is 23.9 Å². The van der Waals surface area contributed by atoms with E-state index in [0.29, 0.717) is 36.5 Å². The van der Waals surface area contributed by atoms with Crippen molar-refractivity contribution in [2.24, 2.45) is 29.1 Å². The molecule has 0 saturated heterocycles. The molecular weight excluding hydrogens is 408 g/mol. The van der Waals surface area contributed by atoms with Crippen molar-refractivity contribution in [3.63, 3.8) is 0 Å². The van der Waals surface area contributed by atoms with Crippen LogP contribution in [0.4, 0.5) is 0 Å². The topological polar surface area (TPSA) is 97.7 Å². The quantitative estimate of drug-likeness (QED) is 0.245. The molecule has 1 saturated carbocycles. The number of ether oxygens (including phenoxy) is 1. The summed E-state index contributed by atoms with van der Waals surface area (Å²) in [5.41, 5.74) is -0.259. The first-order valence-electron chi connectivity index (χ1n) is 11.2. The third-order valence-electron chi connectivity index (χ3n) is 6.54. The van der Waals surface area contributed by atoms with Crippen LogP contribution in [-0.4, -0.2) is 35.2 Å². The fraction of sp³-hybridized carbons (Fsp3) is 0.538. The average Bonchev–Trinajstić information content (AvgIpc) is 2.70. The zero-order valence-electron chi connectivity index (χ0n) is 19.4. The largest absolute Gasteiger partial charge is 0.481 e. The van der Waals surface area contributed by atoms with E-state index in [4.69, 9.17) is 4.74 Å². The molecule has 0 radical (unpaired) electrons. The third kappa shape index (κ3) is 5.93. The Bertz CT molecular complexity index is 862. The predicted octanol–water partition coefficient (Wildman–Crippen LogP) is 4.46. The van der Waals surface area contributed by atoms with Crippen LogP contribution < -0.4 is 0 Å². The van der Waals surface area contributed by atoms with Gasteiger partial charge in [-0.15, -0.1) is 0 Å². The number of aldehydes is 1. The van der Waals surface area contributed by atoms with Gasteiger partial charge in [-0.2, -0.15) is 0 Å². The fourth-order valence-corrected chi connectivity index (χ4v) is 4.96. The number of carboxylic acids is 1. The molecule has 1 fully saturated rings. The van der Waals surface area contributed by atoms with Gasteiger partial charge < -0.3 is 9.84 Å². The van der Waals surface area contributed by atoms with E-state index in [0.717, 1.165) is 6.42 Å². The minimum atomic E-state index is -0.964. The van der Waals surface area contributed by atoms with Crippen LogP contribution in [0.15, 0.2) is 48.1 Å². The zero-order chi connectivity index (χ0) is 24.1. The Balaban J connectivity index is 2.19. The lowest BCUT2D eigenvalue weighted by atomic mass is 9.56. The predicted molar refractivity (Wildman–Crippen MR) is 122 cm³/mol. The van der Waals surface area contributed by atoms with Crippen molar-refractivity contribution in [1.29, 1.82) is 0 Å². The number of allylic oxidation sites excluding steroid dienone is 5. The van der Waals surface area contributed by atoms with E-state index in [-0.39, 0.29) is 17.8 Å². The third-order valence-corrected chi connectivity index (χ3v) is 6.54. The molecule has 174 valence electrons. The second kappa shape index (κ2) is 10.7. The summed E-state index contributed by atoms with van der Waals surface area (Å²) in [5.74, 6) is -2.31. The molecule has 0 spiro atoms. The van der Waals surface area contributed by atoms with Crippen LogP contribution in [0.5, 0.6) is 0 Å². The number of fused-ring (bicyclic) bond motifs is 1. The first kappa shape index (κ1) is 25.5. The van der Waals surface area contributed by atoms with E-state index in [1.807, 2.05) is 12.2 Å². The van der Waals surface area contributed by atoms with Gasteiger partial charge in [0.05, 0.1) is 11.8 Å². The molecule has 2 aliphatic rings. The van der Waals surface area contributed by atoms with E-state index >= 15 is 0 Å². The summed E-state index contributed by atoms with van der Waals surface area (Å²) in [6, 6.07) is 0. The van der Waals surface area contributed by atoms with Crippen LogP contribution in [0.25, 0.3) is 0 Å². The number of hydrogen-bond acceptors (Lipinski definition) is 5. The van der Waals surface area contributed by atoms with E-state index in [2.05, 4.69) is 27.4 Å². The minimum absolute atomic E-state index is 0.135. The number of hydrogen-bond donors (Lipinski definition) is 1. The van der Waals surface area contributed by atoms with Gasteiger partial charge in [0.2, 0.25) is 0 Å². The highest BCUT2D eigenvalue weighted by molar-refractivity contribution is 6.00. The Morgan fingerprint density at radius 1 is 1.28 bits per heavy atom. The summed E-state index contributed by atoms with van der Waals surface area (Å²) < 4.78 is 5.63. The van der Waals surface area contributed by atoms with Gasteiger partial charge in [-0.05, 0) is 54.7 Å². The van der Waals surface area contributed by atoms with Gasteiger partial charge >= 0.3 is 11.9 Å². The normalized spacial score (nSPS) is 29.0. The molecular formula is C26H34O6. The molecule has 0 aliphatic heterocycles. The fourth-order valence-electron chi connectivity index (χ4n) is 4.96. The molecule has 0 heterocycles. The van der Waals surface area contributed by atoms with E-state index in [9.17, 15) is 24.3 Å². The second-order valence-corrected chi connectivity index (χ2v) is 9.61. The first-order valence-corrected chi connectivity index (χ1v) is 11.2. The van der Waals surface area contributed by atoms with Crippen molar-refractivity contribution < 1.29 is 29.0 Å². The van der Waals surface area contributed by atoms with Gasteiger partial charge in [-0.3, -0.25) is 14.4 Å². The van der Waals surface area contributed by atoms with Crippen molar-refractivity contribution in [3.8, 4) is 0 Å². The van der Waals surface area contributed by atoms with Crippen LogP contribution in [0, 0.1) is 29.1 Å². The maximum atomic E-state index is 12.6. The molecule has 0 aromatic heterocycles. The van der Waals surface area contributed by atoms with Crippen LogP contribution in [0.1, 0.15) is 53.4 Å². The molecule has 6 nitrogen and oxygen atoms in total. The monoisotopic (exact) mass is 442 g/mol. The van der Waals surface area contributed by atoms with E-state index in [1.165, 1.54) is 12.2 Å². The van der Waals surface area contributed by atoms with Crippen molar-refractivity contribution in [2.45, 2.75) is 59.5 Å². The maximum absolute atomic E-state index is 12.6. The molecule has 0 aromatic carbocycles. The standard InChI is InChI=1S/C26H34O6/c1-16(2)12-17(3)8-6-7-9-24(29)32-23-11-10-20(25(30)31)26(5)14-19(18(4)15-27)22(28)13-21(23)26/h6-9,13,15-17,19-20,23H,4,10-12,14H2,1-3,5H3,(H,30,31)/t17-,19-,20+,23+,26+/m0/s1. The Kier molecular flexibility index (Phi) is 8.53. The molecule has 0 aromatic rings. The smallest absolute Gasteiger partial charge is 0.331 e. The summed E-state index contributed by atoms with van der Waals surface area (Å²) in [7, 11) is 0. The number of ketones is 1. The number of carbonyl (C=O) groups is 4. The molecule has 2 aliphatic carbocycles. The molecule has 5 atom stereocenters. The lowest BCUT2D eigenvalue weighted by Gasteiger charge is -2.48. The van der Waals surface area contributed by atoms with Crippen LogP contribution >= 0.6 is 0 Å². The maximum Gasteiger partial charge on any atom is 0.331 e. The number of carboxylic acid groups (broad SMARTS) is 1. The minimum Gasteiger partial charge on any atom is -0.481 e. The molecule has 32 heavy (non-hydrogen) atoms. The highest BCUT2D eigenvalue weighted by Crippen LogP contribution is 2.53. The Morgan fingerprint density at radius 3 is 2.56 bits per heavy atom. The van der Waals surface area contributed by atoms with Gasteiger partial charge in [-0.25, -0.2) is 4.79 Å². The number of carbonyl (C=O) groups excluding carboxylic acids is 3. The lowest BCUT2D eigenvalue weighted by Crippen LogP contribution is -2.49. The molecule has 0 amide bonds. The first-order chi connectivity index (χ1) is 15.0. The zero-order valence-corrected chi connectivity index (χ0v) is 19.4. The van der Waals surface area contributed by atoms with Crippen molar-refractivity contribution in [3.05, 3.63) is 48.1 Å². The Hall–Kier alpha value is -2.76. The second-order valence-electron chi connectivity index (χ2n) is 9.61. The van der Waals surface area contributed by atoms with Crippen LogP contribution in [0.2, 0.25) is 0 Å². The SMILES string of the molecule is C=C(C=O)[C@@H]1C[C@@]2(C)C(=CC1=O)[C@H](OC(=O)C=CC=C[C@H](C)CC(C)C)CC[C@@H]2C(=O)O. The van der Waals surface area contributed by atoms with Gasteiger partial charge in [0.25, 0.3) is 0 Å². The number of rotatable bonds is 9. The highest BCUT2D eigenvalue weighted by Gasteiger charge is 2.53. The van der Waals surface area contributed by atoms with Crippen molar-refractivity contribution >= 4 is 24.0 Å². The summed E-state index contributed by atoms with van der Waals surface area (Å²) in [6.45, 7) is 11.9. The van der Waals surface area contributed by atoms with Crippen molar-refractivity contribution in [1.82, 2.24) is 0 Å².